The number of hydrogen-bond acceptors (Lipinski definition) is 18. The summed E-state index contributed by atoms with van der Waals surface area (Å²) in [6.45, 7) is 10.6. The Hall–Kier alpha value is -6.98. The van der Waals surface area contributed by atoms with E-state index in [0.29, 0.717) is 138 Å². The van der Waals surface area contributed by atoms with Gasteiger partial charge in [-0.2, -0.15) is 20.7 Å². The van der Waals surface area contributed by atoms with E-state index in [1.807, 2.05) is 21.9 Å². The van der Waals surface area contributed by atoms with E-state index in [1.54, 1.807) is 65.0 Å². The maximum Gasteiger partial charge on any atom is 0.269 e. The largest absolute Gasteiger partial charge is 0.382 e. The van der Waals surface area contributed by atoms with E-state index in [0.717, 1.165) is 11.6 Å². The summed E-state index contributed by atoms with van der Waals surface area (Å²) < 4.78 is 21.9. The van der Waals surface area contributed by atoms with Crippen LogP contribution in [0, 0.1) is 36.5 Å². The Bertz CT molecular complexity index is 2190. The summed E-state index contributed by atoms with van der Waals surface area (Å²) in [7, 11) is 3.18. The molecule has 4 N–H and O–H groups in total. The van der Waals surface area contributed by atoms with Crippen LogP contribution >= 0.6 is 0 Å². The van der Waals surface area contributed by atoms with Gasteiger partial charge in [-0.15, -0.1) is 0 Å². The van der Waals surface area contributed by atoms with Gasteiger partial charge in [0, 0.05) is 90.1 Å². The first kappa shape index (κ1) is 50.0. The quantitative estimate of drug-likeness (QED) is 0.0903. The average molecular weight is 911 g/mol. The number of hydrogen-bond donors (Lipinski definition) is 4. The second kappa shape index (κ2) is 26.1. The third-order valence-corrected chi connectivity index (χ3v) is 10.9. The Labute approximate surface area is 382 Å². The lowest BCUT2D eigenvalue weighted by atomic mass is 10.2. The molecule has 0 spiro atoms. The molecule has 6 heterocycles. The van der Waals surface area contributed by atoms with Crippen LogP contribution < -0.4 is 31.6 Å². The van der Waals surface area contributed by atoms with Crippen molar-refractivity contribution in [3.63, 3.8) is 0 Å². The maximum absolute atomic E-state index is 12.6. The minimum Gasteiger partial charge on any atom is -0.382 e. The molecule has 0 saturated carbocycles. The van der Waals surface area contributed by atoms with Crippen LogP contribution in [-0.4, -0.2) is 170 Å². The van der Waals surface area contributed by atoms with Gasteiger partial charge in [0.25, 0.3) is 11.1 Å². The standard InChI is InChI=1S/2C22H29N7O4/c2*1-16-19(13-25-27-22(16)31)26-18(14-32-2)15-33-10-5-21(30)29-8-6-28(7-9-29)20-4-3-17(11-23)12-24-20/h2*3-4,12-13,18H,5-10,14-15H2,1-2H3,(H2,26,27,31)/t2*18-/m10/s1. The average Bonchev–Trinajstić information content (AvgIpc) is 3.34. The molecule has 2 atom stereocenters. The zero-order chi connectivity index (χ0) is 47.3. The van der Waals surface area contributed by atoms with Crippen molar-refractivity contribution in [3.8, 4) is 12.1 Å². The van der Waals surface area contributed by atoms with Crippen LogP contribution in [0.15, 0.2) is 58.6 Å². The van der Waals surface area contributed by atoms with Gasteiger partial charge in [-0.25, -0.2) is 20.2 Å². The highest BCUT2D eigenvalue weighted by Crippen LogP contribution is 2.17. The van der Waals surface area contributed by atoms with Gasteiger partial charge in [-0.3, -0.25) is 19.2 Å². The second-order valence-electron chi connectivity index (χ2n) is 15.5. The molecule has 22 nitrogen and oxygen atoms in total. The fourth-order valence-electron chi connectivity index (χ4n) is 7.05. The number of carbonyl (C=O) groups is 2. The molecule has 2 aliphatic heterocycles. The highest BCUT2D eigenvalue weighted by atomic mass is 16.5. The minimum absolute atomic E-state index is 0.0494. The molecule has 22 heteroatoms. The second-order valence-corrected chi connectivity index (χ2v) is 15.5. The molecule has 2 saturated heterocycles. The van der Waals surface area contributed by atoms with Crippen LogP contribution in [0.1, 0.15) is 35.1 Å². The predicted octanol–water partition coefficient (Wildman–Crippen LogP) is 1.05. The molecule has 2 aliphatic rings. The maximum atomic E-state index is 12.6. The fourth-order valence-corrected chi connectivity index (χ4v) is 7.05. The number of ether oxygens (including phenoxy) is 4. The molecule has 6 rings (SSSR count). The Morgan fingerprint density at radius 3 is 1.36 bits per heavy atom. The van der Waals surface area contributed by atoms with Crippen LogP contribution in [0.5, 0.6) is 0 Å². The number of methoxy groups -OCH3 is 2. The molecular formula is C44H58N14O8. The fraction of sp³-hybridized carbons (Fsp3) is 0.500. The van der Waals surface area contributed by atoms with Crippen molar-refractivity contribution in [1.82, 2.24) is 40.2 Å². The van der Waals surface area contributed by atoms with Crippen molar-refractivity contribution in [1.29, 1.82) is 10.5 Å². The summed E-state index contributed by atoms with van der Waals surface area (Å²) in [5, 5.41) is 36.6. The molecule has 0 aliphatic carbocycles. The summed E-state index contributed by atoms with van der Waals surface area (Å²) in [6.07, 6.45) is 6.81. The molecule has 0 unspecified atom stereocenters. The summed E-state index contributed by atoms with van der Waals surface area (Å²) in [6, 6.07) is 10.9. The topological polar surface area (TPSA) is 273 Å². The number of anilines is 4. The first-order valence-corrected chi connectivity index (χ1v) is 21.6. The van der Waals surface area contributed by atoms with Crippen molar-refractivity contribution in [3.05, 3.63) is 92.0 Å². The van der Waals surface area contributed by atoms with E-state index in [4.69, 9.17) is 29.5 Å². The van der Waals surface area contributed by atoms with Crippen molar-refractivity contribution in [2.75, 3.05) is 127 Å². The molecule has 4 aromatic rings. The Morgan fingerprint density at radius 1 is 0.636 bits per heavy atom. The molecule has 0 bridgehead atoms. The lowest BCUT2D eigenvalue weighted by Gasteiger charge is -2.35. The van der Waals surface area contributed by atoms with Crippen LogP contribution in [-0.2, 0) is 28.5 Å². The smallest absolute Gasteiger partial charge is 0.269 e. The third kappa shape index (κ3) is 15.1. The Balaban J connectivity index is 0.000000247. The van der Waals surface area contributed by atoms with E-state index in [2.05, 4.69) is 62.9 Å². The molecule has 0 aromatic carbocycles. The number of pyridine rings is 2. The molecule has 2 amide bonds. The van der Waals surface area contributed by atoms with E-state index in [1.165, 1.54) is 0 Å². The number of carbonyl (C=O) groups excluding carboxylic acids is 2. The summed E-state index contributed by atoms with van der Waals surface area (Å²) >= 11 is 0. The van der Waals surface area contributed by atoms with Crippen molar-refractivity contribution in [2.45, 2.75) is 38.8 Å². The van der Waals surface area contributed by atoms with Crippen LogP contribution in [0.4, 0.5) is 23.0 Å². The lowest BCUT2D eigenvalue weighted by molar-refractivity contribution is -0.133. The number of nitrogens with one attached hydrogen (secondary N) is 4. The van der Waals surface area contributed by atoms with Gasteiger partial charge in [0.05, 0.1) is 99.5 Å². The van der Waals surface area contributed by atoms with Crippen LogP contribution in [0.3, 0.4) is 0 Å². The zero-order valence-corrected chi connectivity index (χ0v) is 37.8. The normalized spacial score (nSPS) is 14.6. The number of piperazine rings is 2. The summed E-state index contributed by atoms with van der Waals surface area (Å²) in [5.74, 6) is 1.72. The number of H-pyrrole nitrogens is 2. The van der Waals surface area contributed by atoms with E-state index in [-0.39, 0.29) is 35.0 Å². The summed E-state index contributed by atoms with van der Waals surface area (Å²) in [4.78, 5) is 65.0. The number of rotatable bonds is 20. The van der Waals surface area contributed by atoms with Gasteiger partial charge in [0.1, 0.15) is 23.8 Å². The summed E-state index contributed by atoms with van der Waals surface area (Å²) in [5.41, 5.74) is 2.87. The third-order valence-electron chi connectivity index (χ3n) is 10.9. The highest BCUT2D eigenvalue weighted by Gasteiger charge is 2.24. The Morgan fingerprint density at radius 2 is 1.03 bits per heavy atom. The predicted molar refractivity (Wildman–Crippen MR) is 244 cm³/mol. The number of aromatic nitrogens is 6. The monoisotopic (exact) mass is 910 g/mol. The minimum atomic E-state index is -0.252. The molecule has 66 heavy (non-hydrogen) atoms. The van der Waals surface area contributed by atoms with Gasteiger partial charge in [-0.05, 0) is 38.1 Å². The van der Waals surface area contributed by atoms with Gasteiger partial charge in [0.15, 0.2) is 0 Å². The van der Waals surface area contributed by atoms with E-state index >= 15 is 0 Å². The molecule has 0 radical (unpaired) electrons. The number of aromatic amines is 2. The molecule has 352 valence electrons. The van der Waals surface area contributed by atoms with Gasteiger partial charge in [0.2, 0.25) is 11.8 Å². The molecular weight excluding hydrogens is 853 g/mol. The lowest BCUT2D eigenvalue weighted by Crippen LogP contribution is -2.49. The first-order chi connectivity index (χ1) is 32.0. The van der Waals surface area contributed by atoms with Gasteiger partial charge < -0.3 is 49.2 Å². The van der Waals surface area contributed by atoms with E-state index < -0.39 is 0 Å². The van der Waals surface area contributed by atoms with Crippen LogP contribution in [0.25, 0.3) is 0 Å². The Kier molecular flexibility index (Phi) is 19.8. The molecule has 2 fully saturated rings. The van der Waals surface area contributed by atoms with Crippen molar-refractivity contribution >= 4 is 34.8 Å². The van der Waals surface area contributed by atoms with Gasteiger partial charge in [-0.1, -0.05) is 0 Å². The molecule has 4 aromatic heterocycles. The number of nitriles is 2. The zero-order valence-electron chi connectivity index (χ0n) is 37.8. The first-order valence-electron chi connectivity index (χ1n) is 21.6. The van der Waals surface area contributed by atoms with Crippen molar-refractivity contribution in [2.24, 2.45) is 0 Å². The number of amides is 2. The van der Waals surface area contributed by atoms with E-state index in [9.17, 15) is 19.2 Å². The SMILES string of the molecule is COC[C@@H](COCCC(=O)N1CCN(c2ccc(C#N)cn2)CC1)Nc1cn[nH]c(=O)c1C.COC[C@H](COCCC(=O)N1CCN(c2ccc(C#N)cn2)CC1)Nc1cn[nH]c(=O)c1C. The highest BCUT2D eigenvalue weighted by molar-refractivity contribution is 5.77. The number of nitrogens with zero attached hydrogens (tertiary/aromatic N) is 10. The van der Waals surface area contributed by atoms with Crippen molar-refractivity contribution < 1.29 is 28.5 Å². The van der Waals surface area contributed by atoms with Crippen LogP contribution in [0.2, 0.25) is 0 Å². The van der Waals surface area contributed by atoms with Gasteiger partial charge >= 0.3 is 0 Å².